The molecule has 0 amide bonds. The monoisotopic (exact) mass is 1650 g/mol. The lowest BCUT2D eigenvalue weighted by Gasteiger charge is -2.54. The zero-order chi connectivity index (χ0) is 84.6. The molecule has 4 aliphatic carbocycles. The van der Waals surface area contributed by atoms with Crippen LogP contribution in [0, 0.1) is 158 Å². The molecule has 0 radical (unpaired) electrons. The molecule has 0 spiro atoms. The highest BCUT2D eigenvalue weighted by Crippen LogP contribution is 2.53. The van der Waals surface area contributed by atoms with Gasteiger partial charge in [0.25, 0.3) is 0 Å². The molecular weight excluding hydrogens is 1530 g/mol. The quantitative estimate of drug-likeness (QED) is 0.0408. The molecule has 5 aliphatic heterocycles. The van der Waals surface area contributed by atoms with Crippen molar-refractivity contribution in [3.05, 3.63) is 235 Å². The topological polar surface area (TPSA) is 192 Å². The fourth-order valence-electron chi connectivity index (χ4n) is 23.0. The van der Waals surface area contributed by atoms with Crippen LogP contribution in [0.15, 0.2) is 146 Å². The molecule has 17 rings (SSSR count). The van der Waals surface area contributed by atoms with E-state index in [0.717, 1.165) is 135 Å². The molecule has 5 heterocycles. The predicted octanol–water partition coefficient (Wildman–Crippen LogP) is 15.8. The molecule has 120 heavy (non-hydrogen) atoms. The summed E-state index contributed by atoms with van der Waals surface area (Å²) in [6.45, 7) is 33.4. The lowest BCUT2D eigenvalue weighted by molar-refractivity contribution is -0.0871. The second-order valence-electron chi connectivity index (χ2n) is 37.2. The van der Waals surface area contributed by atoms with Crippen LogP contribution in [0.1, 0.15) is 89.0 Å². The van der Waals surface area contributed by atoms with Crippen molar-refractivity contribution >= 4 is 45.5 Å². The Labute approximate surface area is 701 Å². The van der Waals surface area contributed by atoms with E-state index in [1.807, 2.05) is 0 Å². The van der Waals surface area contributed by atoms with E-state index in [0.29, 0.717) is 0 Å². The third kappa shape index (κ3) is 15.5. The third-order valence-electron chi connectivity index (χ3n) is 28.6. The van der Waals surface area contributed by atoms with E-state index in [4.69, 9.17) is 0 Å². The zero-order valence-electron chi connectivity index (χ0n) is 71.4. The predicted molar refractivity (Wildman–Crippen MR) is 469 cm³/mol. The molecule has 5 saturated heterocycles. The molecule has 9 fully saturated rings. The Morgan fingerprint density at radius 2 is 0.292 bits per heavy atom. The number of hydrogen-bond acceptors (Lipinski definition) is 16. The van der Waals surface area contributed by atoms with Crippen molar-refractivity contribution in [1.82, 2.24) is 42.5 Å². The highest BCUT2D eigenvalue weighted by Gasteiger charge is 2.69. The Hall–Kier alpha value is -8.72. The van der Waals surface area contributed by atoms with Crippen LogP contribution in [-0.2, 0) is 0 Å². The van der Waals surface area contributed by atoms with Gasteiger partial charge in [-0.3, -0.25) is 42.5 Å². The number of anilines is 8. The molecule has 9 aliphatic rings. The summed E-state index contributed by atoms with van der Waals surface area (Å²) < 4.78 is 139. The second-order valence-corrected chi connectivity index (χ2v) is 37.2. The number of nitrogens with one attached hydrogen (secondary N) is 16. The SMILES string of the molecule is Cc1ccc(NC2C(Nc3ccc(C)cc3C)C(Nc3ccc(C)cc3C)C3C4NC(NC5NC(NC6NC(NC7NC(N4)C4C(Nc8ccc(C)cc8C)C(Nc8ccc(C)cc8C)C(Nc8ccc(C)cc8C)C(Nc8ccc(C)cc8C)C74)C4C(F)C(F)C(F)C(F)C64)C4C(F)C(F)C(F)C(F)C54)C3C2Nc2ccc(C)cc2C)c(C)c1. The van der Waals surface area contributed by atoms with Crippen LogP contribution < -0.4 is 85.1 Å². The summed E-state index contributed by atoms with van der Waals surface area (Å²) >= 11 is 0. The highest BCUT2D eigenvalue weighted by atomic mass is 19.2. The molecule has 8 aromatic rings. The van der Waals surface area contributed by atoms with Crippen LogP contribution in [0.3, 0.4) is 0 Å². The average molecular weight is 1650 g/mol. The van der Waals surface area contributed by atoms with Gasteiger partial charge in [-0.2, -0.15) is 0 Å². The fourth-order valence-corrected chi connectivity index (χ4v) is 23.0. The van der Waals surface area contributed by atoms with Gasteiger partial charge in [-0.1, -0.05) is 142 Å². The van der Waals surface area contributed by atoms with E-state index in [9.17, 15) is 0 Å². The summed E-state index contributed by atoms with van der Waals surface area (Å²) in [5.41, 5.74) is 23.5. The first-order chi connectivity index (χ1) is 57.3. The lowest BCUT2D eigenvalue weighted by Crippen LogP contribution is -2.72. The van der Waals surface area contributed by atoms with Crippen molar-refractivity contribution in [3.8, 4) is 0 Å². The van der Waals surface area contributed by atoms with E-state index in [1.165, 1.54) is 0 Å². The van der Waals surface area contributed by atoms with Gasteiger partial charge in [0.2, 0.25) is 0 Å². The van der Waals surface area contributed by atoms with E-state index in [-0.39, 0.29) is 0 Å². The van der Waals surface area contributed by atoms with Crippen LogP contribution in [0.5, 0.6) is 0 Å². The Kier molecular flexibility index (Phi) is 23.1. The normalized spacial score (nSPS) is 36.7. The van der Waals surface area contributed by atoms with E-state index in [1.54, 1.807) is 0 Å². The minimum Gasteiger partial charge on any atom is -0.380 e. The zero-order valence-corrected chi connectivity index (χ0v) is 71.4. The van der Waals surface area contributed by atoms with Gasteiger partial charge in [-0.25, -0.2) is 35.1 Å². The maximum absolute atomic E-state index is 18.1. The van der Waals surface area contributed by atoms with Crippen molar-refractivity contribution in [2.45, 2.75) is 258 Å². The van der Waals surface area contributed by atoms with Crippen LogP contribution in [0.4, 0.5) is 80.6 Å². The first kappa shape index (κ1) is 83.5. The fraction of sp³-hybridized carbons (Fsp3) is 0.500. The van der Waals surface area contributed by atoms with E-state index >= 15 is 35.1 Å². The van der Waals surface area contributed by atoms with Crippen LogP contribution >= 0.6 is 0 Å². The smallest absolute Gasteiger partial charge is 0.165 e. The minimum atomic E-state index is -2.92. The average Bonchev–Trinajstić information content (AvgIpc) is 1.55. The van der Waals surface area contributed by atoms with Gasteiger partial charge < -0.3 is 42.5 Å². The maximum atomic E-state index is 18.1. The van der Waals surface area contributed by atoms with Gasteiger partial charge >= 0.3 is 0 Å². The molecule has 8 bridgehead atoms. The van der Waals surface area contributed by atoms with Gasteiger partial charge in [0.05, 0.1) is 97.7 Å². The van der Waals surface area contributed by atoms with Gasteiger partial charge in [0.15, 0.2) is 24.7 Å². The molecule has 32 atom stereocenters. The number of aryl methyl sites for hydroxylation is 16. The Bertz CT molecular complexity index is 4790. The second kappa shape index (κ2) is 33.2. The number of alkyl halides is 8. The summed E-state index contributed by atoms with van der Waals surface area (Å²) in [7, 11) is 0. The molecule has 16 nitrogen and oxygen atoms in total. The van der Waals surface area contributed by atoms with Crippen LogP contribution in [0.25, 0.3) is 0 Å². The third-order valence-corrected chi connectivity index (χ3v) is 28.6. The molecule has 4 saturated carbocycles. The molecule has 640 valence electrons. The first-order valence-corrected chi connectivity index (χ1v) is 43.2. The van der Waals surface area contributed by atoms with Gasteiger partial charge in [0, 0.05) is 92.8 Å². The summed E-state index contributed by atoms with van der Waals surface area (Å²) in [6.07, 6.45) is -31.5. The van der Waals surface area contributed by atoms with Crippen LogP contribution in [0.2, 0.25) is 0 Å². The molecule has 32 unspecified atom stereocenters. The number of rotatable bonds is 16. The van der Waals surface area contributed by atoms with Gasteiger partial charge in [0.1, 0.15) is 24.7 Å². The summed E-state index contributed by atoms with van der Waals surface area (Å²) in [5.74, 6) is -9.19. The lowest BCUT2D eigenvalue weighted by atomic mass is 9.65. The molecular formula is C96H120F8N16. The Balaban J connectivity index is 0.941. The summed E-state index contributed by atoms with van der Waals surface area (Å²) in [5, 5.41) is 65.0. The Morgan fingerprint density at radius 1 is 0.167 bits per heavy atom. The maximum Gasteiger partial charge on any atom is 0.165 e. The van der Waals surface area contributed by atoms with Crippen molar-refractivity contribution in [2.24, 2.45) is 47.3 Å². The van der Waals surface area contributed by atoms with Crippen molar-refractivity contribution in [2.75, 3.05) is 42.5 Å². The standard InChI is InChI=1S/C96H120F8N16/c1-41-17-25-57(49(9)33-41)105-81-69-71(83(107-59-27-19-43(3)35-51(59)11)87(111-63-31-23-47(7)39-55(63)15)85(81)109-61-29-21-45(5)37-53(61)13)95-118-93(69)116-91-67-65(73(97)77(101)79(103)75(67)99)89(114-91)113-90-66-68(76(100)80(104)78(102)74(66)98)92(115-90)117-94-70-72(96(119-94)120-95)84(108-60-28-20-44(4)36-52(60)12)88(112-64-32-24-48(8)40-56(64)16)86(110-62-30-22-46(6)38-54(62)14)82(70)106-58-26-18-42(2)34-50(58)10/h17-40,65-96,105-120H,1-16H3. The number of hydrogen-bond donors (Lipinski definition) is 16. The molecule has 0 aromatic heterocycles. The van der Waals surface area contributed by atoms with Crippen molar-refractivity contribution in [1.29, 1.82) is 0 Å². The van der Waals surface area contributed by atoms with Gasteiger partial charge in [-0.15, -0.1) is 0 Å². The number of halogens is 8. The van der Waals surface area contributed by atoms with Crippen LogP contribution in [-0.4, -0.2) is 147 Å². The van der Waals surface area contributed by atoms with E-state index in [2.05, 4.69) is 341 Å². The number of fused-ring (bicyclic) bond motifs is 20. The van der Waals surface area contributed by atoms with E-state index < -0.39 is 194 Å². The summed E-state index contributed by atoms with van der Waals surface area (Å²) in [6, 6.07) is 46.3. The Morgan fingerprint density at radius 3 is 0.425 bits per heavy atom. The van der Waals surface area contributed by atoms with Crippen molar-refractivity contribution in [3.63, 3.8) is 0 Å². The largest absolute Gasteiger partial charge is 0.380 e. The first-order valence-electron chi connectivity index (χ1n) is 43.2. The minimum absolute atomic E-state index is 0.572. The molecule has 24 heteroatoms. The number of benzene rings is 8. The molecule has 8 aromatic carbocycles. The highest BCUT2D eigenvalue weighted by molar-refractivity contribution is 5.65. The van der Waals surface area contributed by atoms with Crippen molar-refractivity contribution < 1.29 is 35.1 Å². The molecule has 16 N–H and O–H groups in total. The van der Waals surface area contributed by atoms with Gasteiger partial charge in [-0.05, 0) is 204 Å². The summed E-state index contributed by atoms with van der Waals surface area (Å²) in [4.78, 5) is 0.